The quantitative estimate of drug-likeness (QED) is 0.215. The molecule has 2 aliphatic carbocycles. The normalized spacial score (nSPS) is 15.7. The zero-order valence-electron chi connectivity index (χ0n) is 30.1. The van der Waals surface area contributed by atoms with Gasteiger partial charge in [-0.3, -0.25) is 14.4 Å². The minimum absolute atomic E-state index is 0.0963. The summed E-state index contributed by atoms with van der Waals surface area (Å²) in [7, 11) is 0. The maximum Gasteiger partial charge on any atom is 0.338 e. The molecule has 0 spiro atoms. The molecule has 2 aromatic carbocycles. The Bertz CT molecular complexity index is 2100. The van der Waals surface area contributed by atoms with Gasteiger partial charge in [0.05, 0.1) is 34.7 Å². The lowest BCUT2D eigenvalue weighted by Crippen LogP contribution is -2.41. The monoisotopic (exact) mass is 729 g/mol. The highest BCUT2D eigenvalue weighted by atomic mass is 19.1. The Kier molecular flexibility index (Phi) is 11.9. The maximum absolute atomic E-state index is 14.6. The van der Waals surface area contributed by atoms with Gasteiger partial charge in [-0.2, -0.15) is 10.2 Å². The fourth-order valence-corrected chi connectivity index (χ4v) is 7.58. The summed E-state index contributed by atoms with van der Waals surface area (Å²) in [6, 6.07) is 8.70. The van der Waals surface area contributed by atoms with Crippen LogP contribution >= 0.6 is 0 Å². The Hall–Kier alpha value is -5.04. The number of nitrogens with one attached hydrogen (secondary N) is 2. The summed E-state index contributed by atoms with van der Waals surface area (Å²) in [4.78, 5) is 49.6. The van der Waals surface area contributed by atoms with Gasteiger partial charge in [0.1, 0.15) is 11.6 Å². The summed E-state index contributed by atoms with van der Waals surface area (Å²) in [5.41, 5.74) is 6.06. The third-order valence-corrected chi connectivity index (χ3v) is 10.2. The van der Waals surface area contributed by atoms with Crippen LogP contribution in [0.5, 0.6) is 0 Å². The molecule has 7 rings (SSSR count). The largest absolute Gasteiger partial charge is 0.478 e. The Morgan fingerprint density at radius 1 is 0.774 bits per heavy atom. The number of piperidine rings is 1. The molecule has 0 saturated carbocycles. The van der Waals surface area contributed by atoms with Gasteiger partial charge in [0.15, 0.2) is 0 Å². The number of likely N-dealkylation sites (tertiary alicyclic amines) is 1. The molecule has 3 aliphatic rings. The first kappa shape index (κ1) is 37.7. The van der Waals surface area contributed by atoms with Crippen LogP contribution in [0.4, 0.5) is 8.78 Å². The predicted octanol–water partition coefficient (Wildman–Crippen LogP) is 5.49. The molecule has 0 unspecified atom stereocenters. The van der Waals surface area contributed by atoms with Crippen LogP contribution in [0, 0.1) is 11.6 Å². The van der Waals surface area contributed by atoms with E-state index >= 15 is 0 Å². The van der Waals surface area contributed by atoms with Gasteiger partial charge >= 0.3 is 5.97 Å². The molecule has 1 aliphatic heterocycles. The van der Waals surface area contributed by atoms with E-state index in [0.29, 0.717) is 31.5 Å². The number of H-pyrrole nitrogens is 2. The van der Waals surface area contributed by atoms with Gasteiger partial charge in [-0.1, -0.05) is 12.1 Å². The first-order valence-electron chi connectivity index (χ1n) is 18.4. The van der Waals surface area contributed by atoms with Crippen LogP contribution in [-0.4, -0.2) is 67.6 Å². The first-order valence-corrected chi connectivity index (χ1v) is 18.4. The van der Waals surface area contributed by atoms with Crippen LogP contribution in [-0.2, 0) is 43.3 Å². The molecule has 3 heterocycles. The standard InChI is InChI=1S/C24H30FN3O3.C16H15FN2O3/c1-15(2)31-17-9-11-28(12-10-17)24(30)20-13-16(7-8-21(20)25)14-22-18-5-3-4-6-19(18)23(29)27-26-22;17-13-6-5-9(7-12(13)16(21)22)8-14-10-3-1-2-4-11(10)15(20)19-18-14/h7-8,13,15,17H,3-6,9-12,14H2,1-2H3,(H,27,29);5-7H,1-4,8H2,(H,19,20)(H,21,22). The van der Waals surface area contributed by atoms with Crippen molar-refractivity contribution in [2.24, 2.45) is 0 Å². The third-order valence-electron chi connectivity index (χ3n) is 10.2. The van der Waals surface area contributed by atoms with E-state index in [1.807, 2.05) is 13.8 Å². The molecule has 1 fully saturated rings. The predicted molar refractivity (Wildman–Crippen MR) is 194 cm³/mol. The number of carboxylic acids is 1. The van der Waals surface area contributed by atoms with Crippen molar-refractivity contribution in [3.05, 3.63) is 125 Å². The second kappa shape index (κ2) is 16.7. The number of carbonyl (C=O) groups is 2. The van der Waals surface area contributed by atoms with Crippen molar-refractivity contribution in [1.29, 1.82) is 0 Å². The molecule has 0 atom stereocenters. The zero-order valence-corrected chi connectivity index (χ0v) is 30.1. The zero-order chi connectivity index (χ0) is 37.6. The van der Waals surface area contributed by atoms with Crippen molar-refractivity contribution in [3.63, 3.8) is 0 Å². The number of carboxylic acid groups (broad SMARTS) is 1. The van der Waals surface area contributed by atoms with Crippen LogP contribution in [0.3, 0.4) is 0 Å². The number of fused-ring (bicyclic) bond motifs is 2. The van der Waals surface area contributed by atoms with Crippen molar-refractivity contribution in [3.8, 4) is 0 Å². The third kappa shape index (κ3) is 8.95. The Balaban J connectivity index is 0.000000192. The average molecular weight is 730 g/mol. The smallest absolute Gasteiger partial charge is 0.338 e. The number of rotatable bonds is 8. The van der Waals surface area contributed by atoms with Crippen molar-refractivity contribution >= 4 is 11.9 Å². The minimum Gasteiger partial charge on any atom is -0.478 e. The van der Waals surface area contributed by atoms with Gasteiger partial charge in [0, 0.05) is 37.1 Å². The van der Waals surface area contributed by atoms with E-state index in [1.165, 1.54) is 12.1 Å². The number of aromatic carboxylic acids is 1. The van der Waals surface area contributed by atoms with Crippen LogP contribution in [0.2, 0.25) is 0 Å². The van der Waals surface area contributed by atoms with E-state index in [-0.39, 0.29) is 40.4 Å². The maximum atomic E-state index is 14.6. The molecule has 13 heteroatoms. The van der Waals surface area contributed by atoms with Crippen molar-refractivity contribution in [2.45, 2.75) is 103 Å². The average Bonchev–Trinajstić information content (AvgIpc) is 3.15. The first-order chi connectivity index (χ1) is 25.5. The van der Waals surface area contributed by atoms with Gasteiger partial charge in [0.2, 0.25) is 0 Å². The van der Waals surface area contributed by atoms with E-state index < -0.39 is 17.6 Å². The number of aromatic amines is 2. The number of carbonyl (C=O) groups excluding carboxylic acids is 1. The summed E-state index contributed by atoms with van der Waals surface area (Å²) in [5.74, 6) is -2.84. The number of hydrogen-bond acceptors (Lipinski definition) is 7. The highest BCUT2D eigenvalue weighted by Crippen LogP contribution is 2.25. The molecule has 4 aromatic rings. The Morgan fingerprint density at radius 2 is 1.23 bits per heavy atom. The summed E-state index contributed by atoms with van der Waals surface area (Å²) >= 11 is 0. The number of halogens is 2. The van der Waals surface area contributed by atoms with Crippen molar-refractivity contribution < 1.29 is 28.2 Å². The lowest BCUT2D eigenvalue weighted by atomic mass is 9.90. The van der Waals surface area contributed by atoms with Crippen LogP contribution < -0.4 is 11.1 Å². The number of hydrogen-bond donors (Lipinski definition) is 3. The second-order valence-corrected chi connectivity index (χ2v) is 14.3. The number of benzene rings is 2. The lowest BCUT2D eigenvalue weighted by Gasteiger charge is -2.33. The fraction of sp³-hybridized carbons (Fsp3) is 0.450. The van der Waals surface area contributed by atoms with Crippen LogP contribution in [0.1, 0.15) is 118 Å². The number of amides is 1. The number of aromatic nitrogens is 4. The molecule has 53 heavy (non-hydrogen) atoms. The van der Waals surface area contributed by atoms with Crippen LogP contribution in [0.15, 0.2) is 46.0 Å². The van der Waals surface area contributed by atoms with Gasteiger partial charge in [-0.15, -0.1) is 0 Å². The molecule has 3 N–H and O–H groups in total. The van der Waals surface area contributed by atoms with Gasteiger partial charge in [-0.05, 0) is 125 Å². The van der Waals surface area contributed by atoms with Crippen molar-refractivity contribution in [1.82, 2.24) is 25.3 Å². The molecule has 11 nitrogen and oxygen atoms in total. The highest BCUT2D eigenvalue weighted by Gasteiger charge is 2.27. The van der Waals surface area contributed by atoms with Crippen molar-refractivity contribution in [2.75, 3.05) is 13.1 Å². The highest BCUT2D eigenvalue weighted by molar-refractivity contribution is 5.94. The fourth-order valence-electron chi connectivity index (χ4n) is 7.58. The molecular formula is C40H45F2N5O6. The summed E-state index contributed by atoms with van der Waals surface area (Å²) in [6.07, 6.45) is 9.85. The lowest BCUT2D eigenvalue weighted by molar-refractivity contribution is -0.0236. The van der Waals surface area contributed by atoms with E-state index in [2.05, 4.69) is 20.4 Å². The van der Waals surface area contributed by atoms with E-state index in [9.17, 15) is 28.0 Å². The van der Waals surface area contributed by atoms with E-state index in [4.69, 9.17) is 9.84 Å². The molecule has 1 amide bonds. The van der Waals surface area contributed by atoms with Gasteiger partial charge in [-0.25, -0.2) is 23.8 Å². The number of ether oxygens (including phenoxy) is 1. The second-order valence-electron chi connectivity index (χ2n) is 14.3. The molecule has 0 radical (unpaired) electrons. The molecule has 280 valence electrons. The minimum atomic E-state index is -1.30. The number of nitrogens with zero attached hydrogens (tertiary/aromatic N) is 3. The SMILES string of the molecule is CC(C)OC1CCN(C(=O)c2cc(Cc3n[nH]c(=O)c4c3CCCC4)ccc2F)CC1.O=C(O)c1cc(Cc2n[nH]c(=O)c3c2CCCC3)ccc1F. The van der Waals surface area contributed by atoms with E-state index in [1.54, 1.807) is 23.1 Å². The molecular weight excluding hydrogens is 684 g/mol. The van der Waals surface area contributed by atoms with Gasteiger partial charge in [0.25, 0.3) is 17.0 Å². The molecule has 0 bridgehead atoms. The molecule has 2 aromatic heterocycles. The summed E-state index contributed by atoms with van der Waals surface area (Å²) in [6.45, 7) is 5.14. The van der Waals surface area contributed by atoms with Crippen LogP contribution in [0.25, 0.3) is 0 Å². The topological polar surface area (TPSA) is 158 Å². The van der Waals surface area contributed by atoms with Gasteiger partial charge < -0.3 is 14.7 Å². The van der Waals surface area contributed by atoms with E-state index in [0.717, 1.165) is 109 Å². The molecule has 1 saturated heterocycles. The Morgan fingerprint density at radius 3 is 1.70 bits per heavy atom. The summed E-state index contributed by atoms with van der Waals surface area (Å²) < 4.78 is 33.8. The summed E-state index contributed by atoms with van der Waals surface area (Å²) in [5, 5.41) is 22.5. The Labute approximate surface area is 305 Å².